The molecule has 3 aliphatic heterocycles. The van der Waals surface area contributed by atoms with Crippen molar-refractivity contribution in [1.82, 2.24) is 15.1 Å². The van der Waals surface area contributed by atoms with E-state index in [1.165, 1.54) is 18.2 Å². The van der Waals surface area contributed by atoms with Gasteiger partial charge >= 0.3 is 6.09 Å². The minimum absolute atomic E-state index is 0.00117. The Labute approximate surface area is 256 Å². The van der Waals surface area contributed by atoms with Crippen LogP contribution in [0.15, 0.2) is 36.4 Å². The number of ether oxygens (including phenoxy) is 3. The Bertz CT molecular complexity index is 1410. The van der Waals surface area contributed by atoms with Crippen LogP contribution in [-0.2, 0) is 22.4 Å². The minimum Gasteiger partial charge on any atom is -0.508 e. The van der Waals surface area contributed by atoms with Crippen molar-refractivity contribution >= 4 is 17.9 Å². The highest BCUT2D eigenvalue weighted by molar-refractivity contribution is 6.00. The lowest BCUT2D eigenvalue weighted by Gasteiger charge is -2.46. The fourth-order valence-electron chi connectivity index (χ4n) is 6.13. The van der Waals surface area contributed by atoms with Gasteiger partial charge in [-0.25, -0.2) is 4.79 Å². The highest BCUT2D eigenvalue weighted by Gasteiger charge is 2.49. The van der Waals surface area contributed by atoms with E-state index in [0.717, 1.165) is 17.7 Å². The number of amides is 3. The molecule has 2 aromatic carbocycles. The van der Waals surface area contributed by atoms with Crippen LogP contribution in [0.2, 0.25) is 0 Å². The zero-order valence-corrected chi connectivity index (χ0v) is 25.5. The molecule has 2 aromatic rings. The van der Waals surface area contributed by atoms with Gasteiger partial charge in [-0.3, -0.25) is 14.5 Å². The molecule has 4 N–H and O–H groups in total. The van der Waals surface area contributed by atoms with Crippen LogP contribution >= 0.6 is 0 Å². The lowest BCUT2D eigenvalue weighted by atomic mass is 9.87. The topological polar surface area (TPSA) is 158 Å². The van der Waals surface area contributed by atoms with Gasteiger partial charge in [-0.1, -0.05) is 6.07 Å². The third-order valence-electron chi connectivity index (χ3n) is 8.29. The number of morpholine rings is 1. The summed E-state index contributed by atoms with van der Waals surface area (Å²) in [5.74, 6) is -0.515. The summed E-state index contributed by atoms with van der Waals surface area (Å²) >= 11 is 0. The summed E-state index contributed by atoms with van der Waals surface area (Å²) in [6, 6.07) is 9.28. The number of hydrogen-bond donors (Lipinski definition) is 4. The second-order valence-corrected chi connectivity index (χ2v) is 12.6. The van der Waals surface area contributed by atoms with E-state index in [9.17, 15) is 29.7 Å². The molecule has 3 amide bonds. The predicted octanol–water partition coefficient (Wildman–Crippen LogP) is 2.57. The van der Waals surface area contributed by atoms with Crippen molar-refractivity contribution in [2.24, 2.45) is 0 Å². The Morgan fingerprint density at radius 2 is 1.80 bits per heavy atom. The monoisotopic (exact) mass is 611 g/mol. The number of phenols is 1. The lowest BCUT2D eigenvalue weighted by Crippen LogP contribution is -2.64. The molecule has 3 heterocycles. The first kappa shape index (κ1) is 31.6. The number of nitrogens with one attached hydrogen (secondary N) is 1. The first-order valence-corrected chi connectivity index (χ1v) is 15.0. The molecule has 2 saturated heterocycles. The van der Waals surface area contributed by atoms with Gasteiger partial charge in [0.15, 0.2) is 5.72 Å². The maximum absolute atomic E-state index is 13.4. The van der Waals surface area contributed by atoms with Gasteiger partial charge in [0.05, 0.1) is 44.0 Å². The second kappa shape index (κ2) is 12.3. The molecular formula is C32H41N3O9. The van der Waals surface area contributed by atoms with Gasteiger partial charge in [0.25, 0.3) is 11.8 Å². The fraction of sp³-hybridized carbons (Fsp3) is 0.531. The van der Waals surface area contributed by atoms with Crippen molar-refractivity contribution in [3.8, 4) is 11.5 Å². The van der Waals surface area contributed by atoms with E-state index in [1.807, 2.05) is 4.90 Å². The van der Waals surface area contributed by atoms with E-state index >= 15 is 0 Å². The zero-order chi connectivity index (χ0) is 31.8. The van der Waals surface area contributed by atoms with E-state index in [-0.39, 0.29) is 54.6 Å². The summed E-state index contributed by atoms with van der Waals surface area (Å²) in [6.45, 7) is 7.55. The quantitative estimate of drug-likeness (QED) is 0.369. The predicted molar refractivity (Wildman–Crippen MR) is 158 cm³/mol. The van der Waals surface area contributed by atoms with Crippen molar-refractivity contribution in [3.05, 3.63) is 58.7 Å². The number of benzene rings is 2. The van der Waals surface area contributed by atoms with E-state index in [4.69, 9.17) is 14.2 Å². The number of aliphatic hydroxyl groups excluding tert-OH is 1. The zero-order valence-electron chi connectivity index (χ0n) is 25.5. The average molecular weight is 612 g/mol. The summed E-state index contributed by atoms with van der Waals surface area (Å²) < 4.78 is 16.8. The molecule has 2 bridgehead atoms. The number of carbonyl (C=O) groups is 3. The van der Waals surface area contributed by atoms with E-state index in [2.05, 4.69) is 5.32 Å². The number of aromatic hydroxyl groups is 1. The van der Waals surface area contributed by atoms with E-state index in [0.29, 0.717) is 29.9 Å². The standard InChI is InChI=1S/C32H41N3O9/c1-5-43-26-13-19(29(39)35-22-8-9-23(35)18-42-17-22)7-11-25(26)28(38)33-15-27(37)32(41)14-20-6-10-24(36)12-21(20)16-34(32)30(40)44-31(2,3)4/h6-7,10-13,22-23,27,36-37,41H,5,8-9,14-18H2,1-4H3,(H,33,38)/t22?,23?,27-,32+/m1/s1. The molecule has 0 spiro atoms. The molecule has 5 rings (SSSR count). The van der Waals surface area contributed by atoms with Crippen LogP contribution in [0, 0.1) is 0 Å². The summed E-state index contributed by atoms with van der Waals surface area (Å²) in [5.41, 5.74) is -1.23. The number of aliphatic hydroxyl groups is 2. The van der Waals surface area contributed by atoms with Crippen molar-refractivity contribution in [2.75, 3.05) is 26.4 Å². The van der Waals surface area contributed by atoms with Gasteiger partial charge in [0.1, 0.15) is 23.2 Å². The minimum atomic E-state index is -2.13. The normalized spacial score (nSPS) is 23.5. The van der Waals surface area contributed by atoms with Gasteiger partial charge in [0.2, 0.25) is 0 Å². The van der Waals surface area contributed by atoms with Gasteiger partial charge in [0, 0.05) is 18.5 Å². The Hall–Kier alpha value is -3.87. The van der Waals surface area contributed by atoms with Gasteiger partial charge < -0.3 is 39.7 Å². The summed E-state index contributed by atoms with van der Waals surface area (Å²) in [7, 11) is 0. The third-order valence-corrected chi connectivity index (χ3v) is 8.29. The first-order chi connectivity index (χ1) is 20.8. The van der Waals surface area contributed by atoms with Gasteiger partial charge in [-0.05, 0) is 82.0 Å². The molecule has 2 fully saturated rings. The van der Waals surface area contributed by atoms with Crippen LogP contribution in [0.5, 0.6) is 11.5 Å². The second-order valence-electron chi connectivity index (χ2n) is 12.6. The largest absolute Gasteiger partial charge is 0.508 e. The third kappa shape index (κ3) is 6.33. The number of hydrogen-bond acceptors (Lipinski definition) is 9. The van der Waals surface area contributed by atoms with Crippen molar-refractivity contribution in [2.45, 2.75) is 83.0 Å². The lowest BCUT2D eigenvalue weighted by molar-refractivity contribution is -0.177. The Morgan fingerprint density at radius 1 is 1.09 bits per heavy atom. The van der Waals surface area contributed by atoms with Crippen LogP contribution in [-0.4, -0.2) is 98.9 Å². The number of rotatable bonds is 7. The molecular weight excluding hydrogens is 570 g/mol. The SMILES string of the molecule is CCOc1cc(C(=O)N2C3CCC2COC3)ccc1C(=O)NC[C@@H](O)[C@@]1(O)Cc2ccc(O)cc2CN1C(=O)OC(C)(C)C. The van der Waals surface area contributed by atoms with E-state index < -0.39 is 36.0 Å². The van der Waals surface area contributed by atoms with Crippen LogP contribution in [0.3, 0.4) is 0 Å². The number of phenolic OH excluding ortho intramolecular Hbond substituents is 1. The van der Waals surface area contributed by atoms with Crippen LogP contribution in [0.4, 0.5) is 4.79 Å². The molecule has 44 heavy (non-hydrogen) atoms. The first-order valence-electron chi connectivity index (χ1n) is 15.0. The Kier molecular flexibility index (Phi) is 8.79. The number of carbonyl (C=O) groups excluding carboxylic acids is 3. The van der Waals surface area contributed by atoms with E-state index in [1.54, 1.807) is 45.9 Å². The van der Waals surface area contributed by atoms with Crippen LogP contribution in [0.25, 0.3) is 0 Å². The number of nitrogens with zero attached hydrogens (tertiary/aromatic N) is 2. The smallest absolute Gasteiger partial charge is 0.412 e. The number of fused-ring (bicyclic) bond motifs is 3. The Morgan fingerprint density at radius 3 is 2.45 bits per heavy atom. The molecule has 238 valence electrons. The molecule has 0 aliphatic carbocycles. The summed E-state index contributed by atoms with van der Waals surface area (Å²) in [4.78, 5) is 42.8. The molecule has 0 saturated carbocycles. The van der Waals surface area contributed by atoms with Crippen LogP contribution in [0.1, 0.15) is 72.4 Å². The van der Waals surface area contributed by atoms with Crippen molar-refractivity contribution in [1.29, 1.82) is 0 Å². The molecule has 0 radical (unpaired) electrons. The highest BCUT2D eigenvalue weighted by Crippen LogP contribution is 2.35. The maximum atomic E-state index is 13.4. The Balaban J connectivity index is 1.33. The van der Waals surface area contributed by atoms with Crippen molar-refractivity contribution in [3.63, 3.8) is 0 Å². The molecule has 0 aromatic heterocycles. The molecule has 12 heteroatoms. The highest BCUT2D eigenvalue weighted by atomic mass is 16.6. The fourth-order valence-corrected chi connectivity index (χ4v) is 6.13. The molecule has 2 unspecified atom stereocenters. The van der Waals surface area contributed by atoms with Crippen molar-refractivity contribution < 1.29 is 43.9 Å². The molecule has 3 aliphatic rings. The maximum Gasteiger partial charge on any atom is 0.412 e. The molecule has 12 nitrogen and oxygen atoms in total. The average Bonchev–Trinajstić information content (AvgIpc) is 3.21. The molecule has 4 atom stereocenters. The van der Waals surface area contributed by atoms with Crippen LogP contribution < -0.4 is 10.1 Å². The van der Waals surface area contributed by atoms with Gasteiger partial charge in [-0.2, -0.15) is 0 Å². The summed E-state index contributed by atoms with van der Waals surface area (Å²) in [5, 5.41) is 35.6. The van der Waals surface area contributed by atoms with Gasteiger partial charge in [-0.15, -0.1) is 0 Å². The summed E-state index contributed by atoms with van der Waals surface area (Å²) in [6.07, 6.45) is -0.850.